The fraction of sp³-hybridized carbons (Fsp3) is 0.764. The van der Waals surface area contributed by atoms with E-state index in [1.54, 1.807) is 0 Å². The lowest BCUT2D eigenvalue weighted by atomic mass is 10.1. The van der Waals surface area contributed by atoms with E-state index in [1.807, 2.05) is 0 Å². The molecule has 0 saturated carbocycles. The number of hydrogen-bond acceptors (Lipinski definition) is 6. The van der Waals surface area contributed by atoms with Crippen LogP contribution in [0, 0.1) is 0 Å². The van der Waals surface area contributed by atoms with Crippen molar-refractivity contribution in [1.82, 2.24) is 0 Å². The van der Waals surface area contributed by atoms with Gasteiger partial charge in [0.05, 0.1) is 0 Å². The molecule has 0 fully saturated rings. The summed E-state index contributed by atoms with van der Waals surface area (Å²) < 4.78 is 16.7. The highest BCUT2D eigenvalue weighted by Crippen LogP contribution is 2.14. The van der Waals surface area contributed by atoms with Crippen molar-refractivity contribution in [3.8, 4) is 0 Å². The summed E-state index contributed by atoms with van der Waals surface area (Å²) in [5, 5.41) is 0. The van der Waals surface area contributed by atoms with E-state index >= 15 is 0 Å². The molecular formula is C55H96O6. The number of hydrogen-bond donors (Lipinski definition) is 0. The molecule has 0 aromatic heterocycles. The van der Waals surface area contributed by atoms with E-state index in [9.17, 15) is 14.4 Å². The lowest BCUT2D eigenvalue weighted by Gasteiger charge is -2.18. The molecule has 0 rings (SSSR count). The number of allylic oxidation sites excluding steroid dienone is 10. The summed E-state index contributed by atoms with van der Waals surface area (Å²) in [5.74, 6) is -0.896. The van der Waals surface area contributed by atoms with Crippen molar-refractivity contribution in [2.45, 2.75) is 258 Å². The van der Waals surface area contributed by atoms with E-state index in [2.05, 4.69) is 81.5 Å². The van der Waals surface area contributed by atoms with Crippen LogP contribution in [-0.4, -0.2) is 37.2 Å². The number of rotatable bonds is 46. The lowest BCUT2D eigenvalue weighted by molar-refractivity contribution is -0.167. The molecule has 0 aliphatic carbocycles. The minimum absolute atomic E-state index is 0.0788. The number of unbranched alkanes of at least 4 members (excludes halogenated alkanes) is 25. The van der Waals surface area contributed by atoms with Crippen LogP contribution in [-0.2, 0) is 28.6 Å². The van der Waals surface area contributed by atoms with Gasteiger partial charge in [0.1, 0.15) is 13.2 Å². The van der Waals surface area contributed by atoms with Crippen LogP contribution in [0.4, 0.5) is 0 Å². The lowest BCUT2D eigenvalue weighted by Crippen LogP contribution is -2.30. The normalized spacial score (nSPS) is 12.5. The van der Waals surface area contributed by atoms with E-state index in [4.69, 9.17) is 14.2 Å². The molecule has 0 heterocycles. The van der Waals surface area contributed by atoms with Crippen LogP contribution in [0.3, 0.4) is 0 Å². The Labute approximate surface area is 377 Å². The van der Waals surface area contributed by atoms with Crippen LogP contribution >= 0.6 is 0 Å². The van der Waals surface area contributed by atoms with Gasteiger partial charge in [0.2, 0.25) is 0 Å². The molecule has 0 aromatic carbocycles. The third-order valence-electron chi connectivity index (χ3n) is 11.0. The third-order valence-corrected chi connectivity index (χ3v) is 11.0. The average Bonchev–Trinajstić information content (AvgIpc) is 3.26. The van der Waals surface area contributed by atoms with Gasteiger partial charge in [-0.2, -0.15) is 0 Å². The molecule has 0 amide bonds. The molecule has 0 aromatic rings. The van der Waals surface area contributed by atoms with Crippen molar-refractivity contribution < 1.29 is 28.6 Å². The zero-order chi connectivity index (χ0) is 44.4. The number of carbonyl (C=O) groups is 3. The van der Waals surface area contributed by atoms with Crippen molar-refractivity contribution in [3.05, 3.63) is 60.8 Å². The Bertz CT molecular complexity index is 1120. The van der Waals surface area contributed by atoms with Gasteiger partial charge in [-0.25, -0.2) is 0 Å². The standard InChI is InChI=1S/C55H96O6/c1-4-7-10-13-16-19-21-23-25-26-27-28-29-30-31-33-34-36-39-42-45-48-54(57)60-51-52(50-59-53(56)47-44-41-38-18-15-12-9-6-3)61-55(58)49-46-43-40-37-35-32-24-22-20-17-14-11-8-5-2/h7,10,16,19,22-25,27-28,52H,4-6,8-9,11-15,17-18,20-21,26,29-51H2,1-3H3/b10-7-,19-16-,24-22-,25-23-,28-27-. The predicted molar refractivity (Wildman–Crippen MR) is 261 cm³/mol. The minimum Gasteiger partial charge on any atom is -0.462 e. The highest BCUT2D eigenvalue weighted by Gasteiger charge is 2.19. The molecule has 6 nitrogen and oxygen atoms in total. The second-order valence-electron chi connectivity index (χ2n) is 17.1. The van der Waals surface area contributed by atoms with Gasteiger partial charge in [-0.3, -0.25) is 14.4 Å². The summed E-state index contributed by atoms with van der Waals surface area (Å²) in [6.07, 6.45) is 60.7. The number of esters is 3. The Morgan fingerprint density at radius 1 is 0.344 bits per heavy atom. The Hall–Kier alpha value is -2.89. The van der Waals surface area contributed by atoms with Crippen molar-refractivity contribution in [3.63, 3.8) is 0 Å². The van der Waals surface area contributed by atoms with Gasteiger partial charge in [-0.15, -0.1) is 0 Å². The van der Waals surface area contributed by atoms with Crippen LogP contribution in [0.2, 0.25) is 0 Å². The predicted octanol–water partition coefficient (Wildman–Crippen LogP) is 16.9. The SMILES string of the molecule is CC/C=C\C/C=C\C/C=C\C/C=C\CCCCCCCCCCC(=O)OCC(COC(=O)CCCCCCCCCC)OC(=O)CCCCCCC/C=C\CCCCCCC. The first kappa shape index (κ1) is 58.1. The first-order chi connectivity index (χ1) is 30.0. The highest BCUT2D eigenvalue weighted by atomic mass is 16.6. The Kier molecular flexibility index (Phi) is 47.4. The molecule has 0 aliphatic rings. The zero-order valence-corrected chi connectivity index (χ0v) is 40.2. The van der Waals surface area contributed by atoms with Gasteiger partial charge in [0, 0.05) is 19.3 Å². The fourth-order valence-electron chi connectivity index (χ4n) is 7.13. The topological polar surface area (TPSA) is 78.9 Å². The molecule has 0 saturated heterocycles. The van der Waals surface area contributed by atoms with Crippen molar-refractivity contribution in [1.29, 1.82) is 0 Å². The maximum absolute atomic E-state index is 12.8. The fourth-order valence-corrected chi connectivity index (χ4v) is 7.13. The quantitative estimate of drug-likeness (QED) is 0.0263. The van der Waals surface area contributed by atoms with Crippen molar-refractivity contribution in [2.24, 2.45) is 0 Å². The number of carbonyl (C=O) groups excluding carboxylic acids is 3. The van der Waals surface area contributed by atoms with Gasteiger partial charge in [0.15, 0.2) is 6.10 Å². The van der Waals surface area contributed by atoms with E-state index in [0.717, 1.165) is 103 Å². The summed E-state index contributed by atoms with van der Waals surface area (Å²) in [4.78, 5) is 37.8. The molecule has 0 N–H and O–H groups in total. The van der Waals surface area contributed by atoms with E-state index < -0.39 is 6.10 Å². The molecule has 0 radical (unpaired) electrons. The summed E-state index contributed by atoms with van der Waals surface area (Å²) in [6.45, 7) is 6.48. The smallest absolute Gasteiger partial charge is 0.306 e. The Morgan fingerprint density at radius 3 is 1.02 bits per heavy atom. The molecule has 6 heteroatoms. The Balaban J connectivity index is 4.28. The second-order valence-corrected chi connectivity index (χ2v) is 17.1. The van der Waals surface area contributed by atoms with Gasteiger partial charge in [-0.1, -0.05) is 210 Å². The van der Waals surface area contributed by atoms with Crippen LogP contribution in [0.15, 0.2) is 60.8 Å². The monoisotopic (exact) mass is 853 g/mol. The van der Waals surface area contributed by atoms with Crippen LogP contribution in [0.1, 0.15) is 252 Å². The van der Waals surface area contributed by atoms with Crippen molar-refractivity contribution >= 4 is 17.9 Å². The van der Waals surface area contributed by atoms with Gasteiger partial charge >= 0.3 is 17.9 Å². The maximum atomic E-state index is 12.8. The molecule has 61 heavy (non-hydrogen) atoms. The summed E-state index contributed by atoms with van der Waals surface area (Å²) in [7, 11) is 0. The van der Waals surface area contributed by atoms with E-state index in [1.165, 1.54) is 109 Å². The summed E-state index contributed by atoms with van der Waals surface area (Å²) >= 11 is 0. The maximum Gasteiger partial charge on any atom is 0.306 e. The number of ether oxygens (including phenoxy) is 3. The van der Waals surface area contributed by atoms with Gasteiger partial charge < -0.3 is 14.2 Å². The molecular weight excluding hydrogens is 757 g/mol. The van der Waals surface area contributed by atoms with Gasteiger partial charge in [0.25, 0.3) is 0 Å². The molecule has 0 bridgehead atoms. The summed E-state index contributed by atoms with van der Waals surface area (Å²) in [6, 6.07) is 0. The first-order valence-electron chi connectivity index (χ1n) is 25.8. The largest absolute Gasteiger partial charge is 0.462 e. The van der Waals surface area contributed by atoms with E-state index in [-0.39, 0.29) is 31.1 Å². The first-order valence-corrected chi connectivity index (χ1v) is 25.8. The average molecular weight is 853 g/mol. The van der Waals surface area contributed by atoms with Gasteiger partial charge in [-0.05, 0) is 83.5 Å². The van der Waals surface area contributed by atoms with Crippen LogP contribution in [0.5, 0.6) is 0 Å². The zero-order valence-electron chi connectivity index (χ0n) is 40.2. The summed E-state index contributed by atoms with van der Waals surface area (Å²) in [5.41, 5.74) is 0. The Morgan fingerprint density at radius 2 is 0.639 bits per heavy atom. The van der Waals surface area contributed by atoms with Crippen molar-refractivity contribution in [2.75, 3.05) is 13.2 Å². The molecule has 0 aliphatic heterocycles. The molecule has 1 unspecified atom stereocenters. The molecule has 0 spiro atoms. The molecule has 352 valence electrons. The minimum atomic E-state index is -0.778. The third kappa shape index (κ3) is 48.0. The van der Waals surface area contributed by atoms with Crippen LogP contribution < -0.4 is 0 Å². The second kappa shape index (κ2) is 49.8. The molecule has 1 atom stereocenters. The highest BCUT2D eigenvalue weighted by molar-refractivity contribution is 5.71. The van der Waals surface area contributed by atoms with Crippen LogP contribution in [0.25, 0.3) is 0 Å². The van der Waals surface area contributed by atoms with E-state index in [0.29, 0.717) is 19.3 Å².